The van der Waals surface area contributed by atoms with Gasteiger partial charge in [0.1, 0.15) is 11.5 Å². The number of hydrogen-bond acceptors (Lipinski definition) is 6. The van der Waals surface area contributed by atoms with Crippen LogP contribution >= 0.6 is 0 Å². The fourth-order valence-corrected chi connectivity index (χ4v) is 4.22. The molecule has 0 spiro atoms. The molecule has 1 N–H and O–H groups in total. The fraction of sp³-hybridized carbons (Fsp3) is 0.321. The number of hydrogen-bond donors (Lipinski definition) is 1. The summed E-state index contributed by atoms with van der Waals surface area (Å²) in [6, 6.07) is 17.3. The number of carbonyl (C=O) groups is 2. The van der Waals surface area contributed by atoms with Crippen molar-refractivity contribution >= 4 is 12.1 Å². The highest BCUT2D eigenvalue weighted by Crippen LogP contribution is 2.28. The summed E-state index contributed by atoms with van der Waals surface area (Å²) in [5.74, 6) is 0.503. The quantitative estimate of drug-likeness (QED) is 0.436. The second-order valence-electron chi connectivity index (χ2n) is 8.59. The molecule has 0 aliphatic carbocycles. The molecular formula is C28H30N2O6. The van der Waals surface area contributed by atoms with Crippen LogP contribution in [0, 0.1) is 12.8 Å². The van der Waals surface area contributed by atoms with Gasteiger partial charge < -0.3 is 19.0 Å². The zero-order chi connectivity index (χ0) is 25.5. The molecule has 0 saturated heterocycles. The van der Waals surface area contributed by atoms with Gasteiger partial charge in [0.15, 0.2) is 0 Å². The van der Waals surface area contributed by atoms with E-state index in [4.69, 9.17) is 13.9 Å². The monoisotopic (exact) mass is 490 g/mol. The van der Waals surface area contributed by atoms with Crippen LogP contribution in [-0.2, 0) is 22.4 Å². The van der Waals surface area contributed by atoms with Crippen molar-refractivity contribution in [1.82, 2.24) is 9.88 Å². The minimum absolute atomic E-state index is 0.266. The first-order valence-electron chi connectivity index (χ1n) is 12.0. The molecule has 4 rings (SSSR count). The molecule has 0 radical (unpaired) electrons. The number of aromatic nitrogens is 1. The lowest BCUT2D eigenvalue weighted by Crippen LogP contribution is -2.36. The first-order chi connectivity index (χ1) is 17.4. The Morgan fingerprint density at radius 1 is 1.17 bits per heavy atom. The molecule has 0 fully saturated rings. The van der Waals surface area contributed by atoms with E-state index in [9.17, 15) is 14.7 Å². The van der Waals surface area contributed by atoms with E-state index in [-0.39, 0.29) is 6.61 Å². The van der Waals surface area contributed by atoms with Crippen molar-refractivity contribution in [2.45, 2.75) is 33.1 Å². The lowest BCUT2D eigenvalue weighted by Gasteiger charge is -2.28. The molecule has 1 amide bonds. The number of aryl methyl sites for hydroxylation is 1. The average Bonchev–Trinajstić information content (AvgIpc) is 3.25. The molecule has 2 aromatic carbocycles. The zero-order valence-electron chi connectivity index (χ0n) is 20.5. The van der Waals surface area contributed by atoms with E-state index in [2.05, 4.69) is 4.98 Å². The van der Waals surface area contributed by atoms with E-state index < -0.39 is 18.0 Å². The van der Waals surface area contributed by atoms with Gasteiger partial charge in [-0.2, -0.15) is 0 Å². The van der Waals surface area contributed by atoms with E-state index >= 15 is 0 Å². The molecule has 1 aliphatic rings. The Hall–Kier alpha value is -4.07. The minimum atomic E-state index is -0.894. The standard InChI is InChI=1S/C28H30N2O6/c1-3-34-28(33)30-14-12-24(27(31)32)22(18-30)16-20-8-7-11-23(17-20)35-15-13-25-19(2)36-26(29-25)21-9-5-4-6-10-21/h4-11,17-18,24H,3,12-16H2,1-2H3,(H,31,32). The SMILES string of the molecule is CCOC(=O)N1C=C(Cc2cccc(OCCc3nc(-c4ccccc4)oc3C)c2)C(C(=O)O)CC1. The average molecular weight is 491 g/mol. The van der Waals surface area contributed by atoms with E-state index in [0.717, 1.165) is 22.6 Å². The number of carboxylic acid groups (broad SMARTS) is 1. The number of amides is 1. The number of carboxylic acids is 1. The van der Waals surface area contributed by atoms with E-state index in [1.165, 1.54) is 4.90 Å². The number of rotatable bonds is 9. The second kappa shape index (κ2) is 11.6. The molecule has 1 aliphatic heterocycles. The summed E-state index contributed by atoms with van der Waals surface area (Å²) in [7, 11) is 0. The van der Waals surface area contributed by atoms with Gasteiger partial charge in [-0.05, 0) is 62.1 Å². The predicted octanol–water partition coefficient (Wildman–Crippen LogP) is 5.26. The minimum Gasteiger partial charge on any atom is -0.493 e. The molecule has 8 heteroatoms. The van der Waals surface area contributed by atoms with Gasteiger partial charge in [-0.3, -0.25) is 9.69 Å². The fourth-order valence-electron chi connectivity index (χ4n) is 4.22. The number of nitrogens with zero attached hydrogens (tertiary/aromatic N) is 2. The molecule has 3 aromatic rings. The van der Waals surface area contributed by atoms with Crippen molar-refractivity contribution in [2.75, 3.05) is 19.8 Å². The van der Waals surface area contributed by atoms with Crippen LogP contribution in [-0.4, -0.2) is 46.8 Å². The first kappa shape index (κ1) is 25.0. The van der Waals surface area contributed by atoms with Gasteiger partial charge in [-0.1, -0.05) is 30.3 Å². The van der Waals surface area contributed by atoms with Crippen LogP contribution in [0.5, 0.6) is 5.75 Å². The van der Waals surface area contributed by atoms with Crippen molar-refractivity contribution in [3.63, 3.8) is 0 Å². The molecule has 1 unspecified atom stereocenters. The van der Waals surface area contributed by atoms with Crippen molar-refractivity contribution in [3.05, 3.63) is 83.4 Å². The number of oxazole rings is 1. The van der Waals surface area contributed by atoms with Crippen molar-refractivity contribution < 1.29 is 28.6 Å². The van der Waals surface area contributed by atoms with Crippen LogP contribution in [0.15, 0.2) is 70.8 Å². The van der Waals surface area contributed by atoms with Crippen molar-refractivity contribution in [1.29, 1.82) is 0 Å². The lowest BCUT2D eigenvalue weighted by molar-refractivity contribution is -0.141. The van der Waals surface area contributed by atoms with Crippen LogP contribution in [0.1, 0.15) is 30.4 Å². The Morgan fingerprint density at radius 3 is 2.72 bits per heavy atom. The summed E-state index contributed by atoms with van der Waals surface area (Å²) < 4.78 is 16.9. The van der Waals surface area contributed by atoms with Gasteiger partial charge in [0, 0.05) is 24.7 Å². The van der Waals surface area contributed by atoms with Crippen LogP contribution in [0.25, 0.3) is 11.5 Å². The zero-order valence-corrected chi connectivity index (χ0v) is 20.5. The van der Waals surface area contributed by atoms with Crippen LogP contribution < -0.4 is 4.74 Å². The summed E-state index contributed by atoms with van der Waals surface area (Å²) in [5, 5.41) is 9.68. The molecule has 2 heterocycles. The van der Waals surface area contributed by atoms with Crippen LogP contribution in [0.2, 0.25) is 0 Å². The lowest BCUT2D eigenvalue weighted by atomic mass is 9.88. The maximum atomic E-state index is 12.1. The number of ether oxygens (including phenoxy) is 2. The number of carbonyl (C=O) groups excluding carboxylic acids is 1. The Kier molecular flexibility index (Phi) is 8.05. The Morgan fingerprint density at radius 2 is 1.97 bits per heavy atom. The highest BCUT2D eigenvalue weighted by molar-refractivity contribution is 5.76. The van der Waals surface area contributed by atoms with Gasteiger partial charge in [0.2, 0.25) is 5.89 Å². The smallest absolute Gasteiger partial charge is 0.413 e. The third kappa shape index (κ3) is 6.13. The Balaban J connectivity index is 1.40. The topological polar surface area (TPSA) is 102 Å². The maximum absolute atomic E-state index is 12.1. The van der Waals surface area contributed by atoms with Gasteiger partial charge >= 0.3 is 12.1 Å². The van der Waals surface area contributed by atoms with Gasteiger partial charge in [-0.15, -0.1) is 0 Å². The Labute approximate surface area is 210 Å². The molecule has 1 atom stereocenters. The summed E-state index contributed by atoms with van der Waals surface area (Å²) in [6.07, 6.45) is 2.48. The van der Waals surface area contributed by atoms with Gasteiger partial charge in [0.05, 0.1) is 24.8 Å². The highest BCUT2D eigenvalue weighted by atomic mass is 16.6. The molecule has 8 nitrogen and oxygen atoms in total. The number of aliphatic carboxylic acids is 1. The second-order valence-corrected chi connectivity index (χ2v) is 8.59. The Bertz CT molecular complexity index is 1230. The largest absolute Gasteiger partial charge is 0.493 e. The summed E-state index contributed by atoms with van der Waals surface area (Å²) >= 11 is 0. The normalized spacial score (nSPS) is 15.3. The third-order valence-electron chi connectivity index (χ3n) is 6.06. The molecule has 188 valence electrons. The summed E-state index contributed by atoms with van der Waals surface area (Å²) in [6.45, 7) is 4.63. The van der Waals surface area contributed by atoms with Crippen LogP contribution in [0.3, 0.4) is 0 Å². The molecule has 36 heavy (non-hydrogen) atoms. The molecule has 0 bridgehead atoms. The number of benzene rings is 2. The molecule has 1 aromatic heterocycles. The molecular weight excluding hydrogens is 460 g/mol. The van der Waals surface area contributed by atoms with Gasteiger partial charge in [0.25, 0.3) is 0 Å². The van der Waals surface area contributed by atoms with E-state index in [1.807, 2.05) is 61.5 Å². The van der Waals surface area contributed by atoms with Gasteiger partial charge in [-0.25, -0.2) is 9.78 Å². The summed E-state index contributed by atoms with van der Waals surface area (Å²) in [5.41, 5.74) is 3.34. The van der Waals surface area contributed by atoms with E-state index in [0.29, 0.717) is 49.6 Å². The predicted molar refractivity (Wildman–Crippen MR) is 134 cm³/mol. The van der Waals surface area contributed by atoms with Crippen molar-refractivity contribution in [3.8, 4) is 17.2 Å². The molecule has 0 saturated carbocycles. The highest BCUT2D eigenvalue weighted by Gasteiger charge is 2.30. The third-order valence-corrected chi connectivity index (χ3v) is 6.06. The maximum Gasteiger partial charge on any atom is 0.413 e. The van der Waals surface area contributed by atoms with Crippen LogP contribution in [0.4, 0.5) is 4.79 Å². The van der Waals surface area contributed by atoms with Crippen molar-refractivity contribution in [2.24, 2.45) is 5.92 Å². The van der Waals surface area contributed by atoms with E-state index in [1.54, 1.807) is 13.1 Å². The summed E-state index contributed by atoms with van der Waals surface area (Å²) in [4.78, 5) is 30.0. The first-order valence-corrected chi connectivity index (χ1v) is 12.0.